The summed E-state index contributed by atoms with van der Waals surface area (Å²) in [7, 11) is 0. The second-order valence-corrected chi connectivity index (χ2v) is 4.14. The third-order valence-corrected chi connectivity index (χ3v) is 2.91. The van der Waals surface area contributed by atoms with Gasteiger partial charge < -0.3 is 9.84 Å². The van der Waals surface area contributed by atoms with E-state index in [1.165, 1.54) is 6.26 Å². The molecule has 1 aliphatic carbocycles. The Labute approximate surface area is 81.6 Å². The first-order chi connectivity index (χ1) is 6.58. The van der Waals surface area contributed by atoms with Gasteiger partial charge in [0.1, 0.15) is 0 Å². The molecule has 4 heteroatoms. The molecule has 1 unspecified atom stereocenters. The first-order valence-corrected chi connectivity index (χ1v) is 4.95. The molecular formula is C10H14F2O2. The van der Waals surface area contributed by atoms with E-state index in [9.17, 15) is 13.9 Å². The quantitative estimate of drug-likeness (QED) is 0.746. The molecule has 1 N–H and O–H groups in total. The Morgan fingerprint density at radius 2 is 2.21 bits per heavy atom. The Morgan fingerprint density at radius 1 is 1.50 bits per heavy atom. The number of alkyl halides is 2. The van der Waals surface area contributed by atoms with Crippen molar-refractivity contribution in [3.8, 4) is 0 Å². The molecule has 0 aromatic carbocycles. The van der Waals surface area contributed by atoms with Gasteiger partial charge in [0.15, 0.2) is 0 Å². The molecule has 0 saturated heterocycles. The summed E-state index contributed by atoms with van der Waals surface area (Å²) in [5.74, 6) is -2.83. The van der Waals surface area contributed by atoms with Gasteiger partial charge in [-0.3, -0.25) is 0 Å². The highest BCUT2D eigenvalue weighted by Crippen LogP contribution is 2.45. The van der Waals surface area contributed by atoms with Crippen LogP contribution < -0.4 is 0 Å². The molecule has 0 aromatic rings. The normalized spacial score (nSPS) is 28.6. The van der Waals surface area contributed by atoms with Gasteiger partial charge >= 0.3 is 0 Å². The van der Waals surface area contributed by atoms with Crippen LogP contribution in [0.2, 0.25) is 0 Å². The minimum atomic E-state index is -2.55. The van der Waals surface area contributed by atoms with E-state index in [0.29, 0.717) is 6.61 Å². The lowest BCUT2D eigenvalue weighted by atomic mass is 9.75. The summed E-state index contributed by atoms with van der Waals surface area (Å²) >= 11 is 0. The molecule has 1 atom stereocenters. The minimum Gasteiger partial charge on any atom is -0.501 e. The van der Waals surface area contributed by atoms with Gasteiger partial charge in [-0.1, -0.05) is 0 Å². The molecule has 1 aliphatic heterocycles. The zero-order chi connectivity index (χ0) is 10.2. The highest BCUT2D eigenvalue weighted by Gasteiger charge is 2.48. The Kier molecular flexibility index (Phi) is 2.47. The van der Waals surface area contributed by atoms with Crippen LogP contribution in [0.1, 0.15) is 25.7 Å². The molecule has 2 nitrogen and oxygen atoms in total. The first kappa shape index (κ1) is 9.90. The number of rotatable bonds is 2. The van der Waals surface area contributed by atoms with Crippen LogP contribution in [0.25, 0.3) is 0 Å². The number of hydrogen-bond acceptors (Lipinski definition) is 2. The van der Waals surface area contributed by atoms with Crippen LogP contribution in [0.3, 0.4) is 0 Å². The van der Waals surface area contributed by atoms with Crippen molar-refractivity contribution < 1.29 is 18.6 Å². The molecule has 0 aromatic heterocycles. The number of aliphatic hydroxyl groups is 1. The molecule has 2 rings (SSSR count). The SMILES string of the molecule is OC(C1=COCCC1)C1CC(F)(F)C1. The maximum absolute atomic E-state index is 12.6. The van der Waals surface area contributed by atoms with Crippen molar-refractivity contribution in [2.45, 2.75) is 37.7 Å². The zero-order valence-electron chi connectivity index (χ0n) is 7.88. The van der Waals surface area contributed by atoms with E-state index in [2.05, 4.69) is 0 Å². The lowest BCUT2D eigenvalue weighted by Gasteiger charge is -2.39. The standard InChI is InChI=1S/C10H14F2O2/c11-10(12)4-8(5-10)9(13)7-2-1-3-14-6-7/h6,8-9,13H,1-5H2. The number of ether oxygens (including phenoxy) is 1. The summed E-state index contributed by atoms with van der Waals surface area (Å²) in [4.78, 5) is 0. The van der Waals surface area contributed by atoms with Crippen molar-refractivity contribution >= 4 is 0 Å². The van der Waals surface area contributed by atoms with E-state index in [1.54, 1.807) is 0 Å². The fourth-order valence-corrected chi connectivity index (χ4v) is 2.04. The van der Waals surface area contributed by atoms with Crippen molar-refractivity contribution in [2.75, 3.05) is 6.61 Å². The van der Waals surface area contributed by atoms with Crippen LogP contribution in [0, 0.1) is 5.92 Å². The van der Waals surface area contributed by atoms with E-state index in [0.717, 1.165) is 18.4 Å². The van der Waals surface area contributed by atoms with Crippen LogP contribution in [-0.4, -0.2) is 23.7 Å². The highest BCUT2D eigenvalue weighted by molar-refractivity contribution is 5.11. The van der Waals surface area contributed by atoms with Crippen LogP contribution in [0.5, 0.6) is 0 Å². The van der Waals surface area contributed by atoms with E-state index in [4.69, 9.17) is 4.74 Å². The minimum absolute atomic E-state index is 0.189. The second kappa shape index (κ2) is 3.50. The fraction of sp³-hybridized carbons (Fsp3) is 0.800. The number of hydrogen-bond donors (Lipinski definition) is 1. The topological polar surface area (TPSA) is 29.5 Å². The Balaban J connectivity index is 1.90. The summed E-state index contributed by atoms with van der Waals surface area (Å²) in [5, 5.41) is 9.74. The molecule has 0 bridgehead atoms. The van der Waals surface area contributed by atoms with E-state index in [1.807, 2.05) is 0 Å². The highest BCUT2D eigenvalue weighted by atomic mass is 19.3. The molecule has 0 amide bonds. The summed E-state index contributed by atoms with van der Waals surface area (Å²) < 4.78 is 30.2. The van der Waals surface area contributed by atoms with Crippen molar-refractivity contribution in [3.63, 3.8) is 0 Å². The van der Waals surface area contributed by atoms with Crippen LogP contribution in [0.15, 0.2) is 11.8 Å². The van der Waals surface area contributed by atoms with Crippen molar-refractivity contribution in [1.82, 2.24) is 0 Å². The van der Waals surface area contributed by atoms with Gasteiger partial charge in [0.25, 0.3) is 0 Å². The van der Waals surface area contributed by atoms with Gasteiger partial charge in [0.05, 0.1) is 19.0 Å². The van der Waals surface area contributed by atoms with Crippen molar-refractivity contribution in [1.29, 1.82) is 0 Å². The van der Waals surface area contributed by atoms with Crippen LogP contribution in [-0.2, 0) is 4.74 Å². The molecule has 80 valence electrons. The van der Waals surface area contributed by atoms with Crippen LogP contribution >= 0.6 is 0 Å². The van der Waals surface area contributed by atoms with E-state index in [-0.39, 0.29) is 18.8 Å². The predicted molar refractivity (Wildman–Crippen MR) is 46.9 cm³/mol. The van der Waals surface area contributed by atoms with Gasteiger partial charge in [-0.15, -0.1) is 0 Å². The van der Waals surface area contributed by atoms with E-state index >= 15 is 0 Å². The molecule has 1 fully saturated rings. The molecule has 1 saturated carbocycles. The Hall–Kier alpha value is -0.640. The molecule has 1 heterocycles. The fourth-order valence-electron chi connectivity index (χ4n) is 2.04. The zero-order valence-corrected chi connectivity index (χ0v) is 7.88. The lowest BCUT2D eigenvalue weighted by molar-refractivity contribution is -0.135. The average Bonchev–Trinajstić information content (AvgIpc) is 2.14. The summed E-state index contributed by atoms with van der Waals surface area (Å²) in [6.07, 6.45) is 2.06. The van der Waals surface area contributed by atoms with Crippen LogP contribution in [0.4, 0.5) is 8.78 Å². The monoisotopic (exact) mass is 204 g/mol. The molecule has 14 heavy (non-hydrogen) atoms. The summed E-state index contributed by atoms with van der Waals surface area (Å²) in [6.45, 7) is 0.664. The van der Waals surface area contributed by atoms with Gasteiger partial charge in [0.2, 0.25) is 5.92 Å². The second-order valence-electron chi connectivity index (χ2n) is 4.14. The third kappa shape index (κ3) is 1.90. The molecular weight excluding hydrogens is 190 g/mol. The molecule has 0 radical (unpaired) electrons. The first-order valence-electron chi connectivity index (χ1n) is 4.95. The van der Waals surface area contributed by atoms with Crippen molar-refractivity contribution in [2.24, 2.45) is 5.92 Å². The van der Waals surface area contributed by atoms with E-state index < -0.39 is 12.0 Å². The Bertz CT molecular complexity index is 243. The smallest absolute Gasteiger partial charge is 0.248 e. The Morgan fingerprint density at radius 3 is 2.71 bits per heavy atom. The van der Waals surface area contributed by atoms with Gasteiger partial charge in [0, 0.05) is 18.8 Å². The summed E-state index contributed by atoms with van der Waals surface area (Å²) in [5.41, 5.74) is 0.775. The van der Waals surface area contributed by atoms with Gasteiger partial charge in [-0.25, -0.2) is 8.78 Å². The number of halogens is 2. The maximum Gasteiger partial charge on any atom is 0.248 e. The predicted octanol–water partition coefficient (Wildman–Crippen LogP) is 2.09. The maximum atomic E-state index is 12.6. The van der Waals surface area contributed by atoms with Crippen molar-refractivity contribution in [3.05, 3.63) is 11.8 Å². The summed E-state index contributed by atoms with van der Waals surface area (Å²) in [6, 6.07) is 0. The number of aliphatic hydroxyl groups excluding tert-OH is 1. The third-order valence-electron chi connectivity index (χ3n) is 2.91. The van der Waals surface area contributed by atoms with Gasteiger partial charge in [-0.05, 0) is 18.4 Å². The lowest BCUT2D eigenvalue weighted by Crippen LogP contribution is -2.43. The molecule has 2 aliphatic rings. The largest absolute Gasteiger partial charge is 0.501 e. The molecule has 0 spiro atoms. The average molecular weight is 204 g/mol. The van der Waals surface area contributed by atoms with Gasteiger partial charge in [-0.2, -0.15) is 0 Å².